The van der Waals surface area contributed by atoms with Gasteiger partial charge in [-0.05, 0) is 54.7 Å². The highest BCUT2D eigenvalue weighted by atomic mass is 32.2. The highest BCUT2D eigenvalue weighted by Crippen LogP contribution is 2.35. The van der Waals surface area contributed by atoms with E-state index < -0.39 is 0 Å². The molecule has 3 rings (SSSR count). The van der Waals surface area contributed by atoms with Crippen molar-refractivity contribution < 1.29 is 9.26 Å². The summed E-state index contributed by atoms with van der Waals surface area (Å²) in [5.74, 6) is 1.82. The van der Waals surface area contributed by atoms with Crippen molar-refractivity contribution in [1.29, 1.82) is 0 Å². The Bertz CT molecular complexity index is 708. The quantitative estimate of drug-likeness (QED) is 0.824. The number of ether oxygens (including phenoxy) is 1. The van der Waals surface area contributed by atoms with Gasteiger partial charge in [-0.2, -0.15) is 15.1 Å². The van der Waals surface area contributed by atoms with Crippen LogP contribution >= 0.6 is 11.8 Å². The largest absolute Gasteiger partial charge is 0.458 e. The summed E-state index contributed by atoms with van der Waals surface area (Å²) in [5.41, 5.74) is 1.87. The summed E-state index contributed by atoms with van der Waals surface area (Å²) in [6, 6.07) is 6.11. The first-order chi connectivity index (χ1) is 11.1. The molecular formula is C16H20N4O2S. The number of anilines is 1. The molecular weight excluding hydrogens is 312 g/mol. The number of para-hydroxylation sites is 1. The molecule has 0 bridgehead atoms. The summed E-state index contributed by atoms with van der Waals surface area (Å²) >= 11 is 1.59. The van der Waals surface area contributed by atoms with Crippen LogP contribution < -0.4 is 9.75 Å². The van der Waals surface area contributed by atoms with Gasteiger partial charge in [0.15, 0.2) is 0 Å². The topological polar surface area (TPSA) is 63.8 Å². The van der Waals surface area contributed by atoms with Gasteiger partial charge < -0.3 is 9.26 Å². The van der Waals surface area contributed by atoms with Crippen molar-refractivity contribution in [2.45, 2.75) is 46.1 Å². The summed E-state index contributed by atoms with van der Waals surface area (Å²) in [7, 11) is 0. The van der Waals surface area contributed by atoms with E-state index in [2.05, 4.69) is 22.2 Å². The van der Waals surface area contributed by atoms with Gasteiger partial charge in [-0.25, -0.2) is 0 Å². The number of thioether (sulfide) groups is 1. The maximum Gasteiger partial charge on any atom is 0.290 e. The fourth-order valence-corrected chi connectivity index (χ4v) is 3.44. The van der Waals surface area contributed by atoms with E-state index in [1.165, 1.54) is 0 Å². The van der Waals surface area contributed by atoms with Crippen LogP contribution in [-0.2, 0) is 0 Å². The molecule has 2 aromatic rings. The molecule has 122 valence electrons. The van der Waals surface area contributed by atoms with E-state index in [0.29, 0.717) is 11.8 Å². The maximum atomic E-state index is 6.24. The Kier molecular flexibility index (Phi) is 4.56. The lowest BCUT2D eigenvalue weighted by Crippen LogP contribution is -2.30. The number of nitrogens with zero attached hydrogens (tertiary/aromatic N) is 4. The molecule has 1 aromatic carbocycles. The predicted molar refractivity (Wildman–Crippen MR) is 91.8 cm³/mol. The van der Waals surface area contributed by atoms with Crippen LogP contribution in [0.25, 0.3) is 0 Å². The molecule has 23 heavy (non-hydrogen) atoms. The van der Waals surface area contributed by atoms with E-state index in [0.717, 1.165) is 34.8 Å². The number of aryl methyl sites for hydroxylation is 3. The molecule has 0 aliphatic carbocycles. The zero-order chi connectivity index (χ0) is 16.4. The molecule has 0 spiro atoms. The minimum absolute atomic E-state index is 0.326. The van der Waals surface area contributed by atoms with Gasteiger partial charge in [0.1, 0.15) is 5.75 Å². The molecule has 7 heteroatoms. The summed E-state index contributed by atoms with van der Waals surface area (Å²) in [4.78, 5) is 4.27. The van der Waals surface area contributed by atoms with Crippen molar-refractivity contribution in [1.82, 2.24) is 10.1 Å². The van der Waals surface area contributed by atoms with Crippen molar-refractivity contribution in [2.24, 2.45) is 5.10 Å². The molecule has 0 radical (unpaired) electrons. The number of hydrogen-bond donors (Lipinski definition) is 0. The fourth-order valence-electron chi connectivity index (χ4n) is 2.36. The molecule has 1 aliphatic heterocycles. The average Bonchev–Trinajstić information content (AvgIpc) is 3.10. The zero-order valence-corrected chi connectivity index (χ0v) is 14.6. The number of hydrazone groups is 1. The van der Waals surface area contributed by atoms with Crippen LogP contribution in [0, 0.1) is 20.8 Å². The highest BCUT2D eigenvalue weighted by molar-refractivity contribution is 8.14. The van der Waals surface area contributed by atoms with Crippen LogP contribution in [0.4, 0.5) is 5.95 Å². The zero-order valence-electron chi connectivity index (χ0n) is 13.7. The van der Waals surface area contributed by atoms with E-state index >= 15 is 0 Å². The lowest BCUT2D eigenvalue weighted by Gasteiger charge is -2.22. The van der Waals surface area contributed by atoms with Crippen LogP contribution in [0.3, 0.4) is 0 Å². The van der Waals surface area contributed by atoms with Gasteiger partial charge in [-0.1, -0.05) is 25.1 Å². The summed E-state index contributed by atoms with van der Waals surface area (Å²) < 4.78 is 11.3. The van der Waals surface area contributed by atoms with E-state index in [9.17, 15) is 0 Å². The standard InChI is InChI=1S/C16H20N4O2S/c1-5-7-13-18-20(15-17-12(4)22-19-15)16(23-13)21-14-10(2)8-6-9-11(14)3/h6,8-9,16H,5,7H2,1-4H3. The van der Waals surface area contributed by atoms with Gasteiger partial charge in [0, 0.05) is 6.92 Å². The Labute approximate surface area is 139 Å². The number of aromatic nitrogens is 2. The minimum atomic E-state index is -0.326. The Morgan fingerprint density at radius 3 is 2.61 bits per heavy atom. The molecule has 2 heterocycles. The lowest BCUT2D eigenvalue weighted by molar-refractivity contribution is 0.278. The first-order valence-electron chi connectivity index (χ1n) is 7.65. The minimum Gasteiger partial charge on any atom is -0.458 e. The van der Waals surface area contributed by atoms with Crippen LogP contribution in [0.2, 0.25) is 0 Å². The molecule has 1 aromatic heterocycles. The molecule has 1 atom stereocenters. The van der Waals surface area contributed by atoms with E-state index in [1.807, 2.05) is 32.0 Å². The second kappa shape index (κ2) is 6.62. The Hall–Kier alpha value is -2.02. The van der Waals surface area contributed by atoms with E-state index in [-0.39, 0.29) is 5.56 Å². The molecule has 6 nitrogen and oxygen atoms in total. The smallest absolute Gasteiger partial charge is 0.290 e. The van der Waals surface area contributed by atoms with Gasteiger partial charge in [-0.15, -0.1) is 0 Å². The summed E-state index contributed by atoms with van der Waals surface area (Å²) in [5, 5.41) is 11.3. The molecule has 0 saturated heterocycles. The van der Waals surface area contributed by atoms with Gasteiger partial charge in [0.05, 0.1) is 5.04 Å². The molecule has 0 N–H and O–H groups in total. The van der Waals surface area contributed by atoms with E-state index in [1.54, 1.807) is 23.7 Å². The molecule has 0 fully saturated rings. The number of benzene rings is 1. The SMILES string of the molecule is CCCC1=NN(c2noc(C)n2)C(Oc2c(C)cccc2C)S1. The van der Waals surface area contributed by atoms with Crippen LogP contribution in [-0.4, -0.2) is 20.7 Å². The van der Waals surface area contributed by atoms with Gasteiger partial charge >= 0.3 is 0 Å². The Balaban J connectivity index is 1.88. The van der Waals surface area contributed by atoms with Crippen LogP contribution in [0.5, 0.6) is 5.75 Å². The fraction of sp³-hybridized carbons (Fsp3) is 0.438. The second-order valence-electron chi connectivity index (χ2n) is 5.47. The van der Waals surface area contributed by atoms with Gasteiger partial charge in [-0.3, -0.25) is 0 Å². The predicted octanol–water partition coefficient (Wildman–Crippen LogP) is 4.02. The van der Waals surface area contributed by atoms with Crippen molar-refractivity contribution in [3.8, 4) is 5.75 Å². The Morgan fingerprint density at radius 2 is 2.00 bits per heavy atom. The summed E-state index contributed by atoms with van der Waals surface area (Å²) in [6.07, 6.45) is 1.94. The van der Waals surface area contributed by atoms with Crippen molar-refractivity contribution in [3.63, 3.8) is 0 Å². The van der Waals surface area contributed by atoms with Crippen molar-refractivity contribution in [2.75, 3.05) is 5.01 Å². The third-order valence-corrected chi connectivity index (χ3v) is 4.52. The maximum absolute atomic E-state index is 6.24. The van der Waals surface area contributed by atoms with Crippen LogP contribution in [0.15, 0.2) is 27.8 Å². The average molecular weight is 332 g/mol. The van der Waals surface area contributed by atoms with Gasteiger partial charge in [0.2, 0.25) is 11.5 Å². The first-order valence-corrected chi connectivity index (χ1v) is 8.53. The molecule has 1 unspecified atom stereocenters. The second-order valence-corrected chi connectivity index (χ2v) is 6.58. The number of rotatable bonds is 5. The third kappa shape index (κ3) is 3.34. The third-order valence-electron chi connectivity index (χ3n) is 3.47. The first kappa shape index (κ1) is 15.9. The Morgan fingerprint density at radius 1 is 1.26 bits per heavy atom. The molecule has 1 aliphatic rings. The lowest BCUT2D eigenvalue weighted by atomic mass is 10.1. The molecule has 0 amide bonds. The summed E-state index contributed by atoms with van der Waals surface area (Å²) in [6.45, 7) is 7.97. The normalized spacial score (nSPS) is 17.5. The van der Waals surface area contributed by atoms with Crippen molar-refractivity contribution >= 4 is 22.8 Å². The molecule has 0 saturated carbocycles. The monoisotopic (exact) mass is 332 g/mol. The highest BCUT2D eigenvalue weighted by Gasteiger charge is 2.33. The van der Waals surface area contributed by atoms with Crippen LogP contribution in [0.1, 0.15) is 36.8 Å². The van der Waals surface area contributed by atoms with E-state index in [4.69, 9.17) is 9.26 Å². The van der Waals surface area contributed by atoms with Gasteiger partial charge in [0.25, 0.3) is 5.95 Å². The number of hydrogen-bond acceptors (Lipinski definition) is 7. The van der Waals surface area contributed by atoms with Crippen molar-refractivity contribution in [3.05, 3.63) is 35.2 Å².